The summed E-state index contributed by atoms with van der Waals surface area (Å²) in [5.41, 5.74) is 2.72. The zero-order valence-electron chi connectivity index (χ0n) is 18.4. The molecular weight excluding hydrogens is 398 g/mol. The highest BCUT2D eigenvalue weighted by Gasteiger charge is 2.19. The van der Waals surface area contributed by atoms with Crippen molar-refractivity contribution in [3.63, 3.8) is 0 Å². The van der Waals surface area contributed by atoms with E-state index in [4.69, 9.17) is 4.18 Å². The average molecular weight is 432 g/mol. The maximum atomic E-state index is 13.1. The molecule has 0 spiro atoms. The van der Waals surface area contributed by atoms with Gasteiger partial charge in [-0.05, 0) is 62.1 Å². The Hall–Kier alpha value is -2.34. The third-order valence-corrected chi connectivity index (χ3v) is 5.40. The van der Waals surface area contributed by atoms with Gasteiger partial charge in [0, 0.05) is 18.2 Å². The van der Waals surface area contributed by atoms with Crippen LogP contribution >= 0.6 is 0 Å². The highest BCUT2D eigenvalue weighted by atomic mass is 32.2. The van der Waals surface area contributed by atoms with Crippen LogP contribution < -0.4 is 4.18 Å². The van der Waals surface area contributed by atoms with Gasteiger partial charge in [-0.2, -0.15) is 8.42 Å². The molecule has 164 valence electrons. The third kappa shape index (κ3) is 7.82. The van der Waals surface area contributed by atoms with E-state index >= 15 is 0 Å². The molecule has 0 saturated carbocycles. The van der Waals surface area contributed by atoms with Gasteiger partial charge in [0.15, 0.2) is 0 Å². The van der Waals surface area contributed by atoms with Gasteiger partial charge >= 0.3 is 10.1 Å². The molecule has 0 atom stereocenters. The van der Waals surface area contributed by atoms with Crippen LogP contribution in [0.25, 0.3) is 0 Å². The molecule has 0 heterocycles. The number of carbonyl (C=O) groups is 1. The van der Waals surface area contributed by atoms with Gasteiger partial charge in [0.2, 0.25) is 0 Å². The van der Waals surface area contributed by atoms with Gasteiger partial charge in [0.05, 0.1) is 6.26 Å². The number of benzene rings is 2. The molecule has 0 aliphatic carbocycles. The lowest BCUT2D eigenvalue weighted by Crippen LogP contribution is -2.36. The van der Waals surface area contributed by atoms with Crippen molar-refractivity contribution in [2.24, 2.45) is 0 Å². The Labute approximate surface area is 181 Å². The zero-order chi connectivity index (χ0) is 22.1. The number of amides is 1. The van der Waals surface area contributed by atoms with E-state index in [-0.39, 0.29) is 17.7 Å². The Kier molecular flexibility index (Phi) is 8.90. The van der Waals surface area contributed by atoms with E-state index in [1.54, 1.807) is 23.1 Å². The summed E-state index contributed by atoms with van der Waals surface area (Å²) in [7, 11) is -3.59. The van der Waals surface area contributed by atoms with Crippen molar-refractivity contribution in [2.45, 2.75) is 65.5 Å². The fourth-order valence-corrected chi connectivity index (χ4v) is 3.75. The Balaban J connectivity index is 2.09. The van der Waals surface area contributed by atoms with Gasteiger partial charge in [-0.3, -0.25) is 4.79 Å². The van der Waals surface area contributed by atoms with Crippen molar-refractivity contribution in [3.8, 4) is 5.75 Å². The summed E-state index contributed by atoms with van der Waals surface area (Å²) < 4.78 is 27.7. The first-order valence-corrected chi connectivity index (χ1v) is 12.4. The molecule has 6 heteroatoms. The summed E-state index contributed by atoms with van der Waals surface area (Å²) in [5, 5.41) is 0. The lowest BCUT2D eigenvalue weighted by atomic mass is 10.0. The average Bonchev–Trinajstić information content (AvgIpc) is 2.68. The first-order valence-electron chi connectivity index (χ1n) is 10.6. The normalized spacial score (nSPS) is 11.5. The van der Waals surface area contributed by atoms with Gasteiger partial charge in [0.25, 0.3) is 5.91 Å². The number of unbranched alkanes of at least 4 members (excludes halogenated alkanes) is 3. The standard InChI is InChI=1S/C24H33NO4S/c1-5-6-7-8-10-20-13-15-22(16-14-20)24(26)25(19(2)3)18-21-11-9-12-23(17-21)29-30(4,27)28/h9,11-17,19H,5-8,10,18H2,1-4H3. The highest BCUT2D eigenvalue weighted by molar-refractivity contribution is 7.86. The second-order valence-electron chi connectivity index (χ2n) is 7.97. The van der Waals surface area contributed by atoms with Crippen LogP contribution in [-0.4, -0.2) is 31.5 Å². The van der Waals surface area contributed by atoms with Crippen molar-refractivity contribution in [1.29, 1.82) is 0 Å². The van der Waals surface area contributed by atoms with Crippen molar-refractivity contribution >= 4 is 16.0 Å². The molecule has 0 aliphatic heterocycles. The van der Waals surface area contributed by atoms with Crippen LogP contribution in [0.2, 0.25) is 0 Å². The van der Waals surface area contributed by atoms with Crippen molar-refractivity contribution < 1.29 is 17.4 Å². The topological polar surface area (TPSA) is 63.7 Å². The van der Waals surface area contributed by atoms with Gasteiger partial charge in [0.1, 0.15) is 5.75 Å². The smallest absolute Gasteiger partial charge is 0.306 e. The summed E-state index contributed by atoms with van der Waals surface area (Å²) in [4.78, 5) is 14.9. The SMILES string of the molecule is CCCCCCc1ccc(C(=O)N(Cc2cccc(OS(C)(=O)=O)c2)C(C)C)cc1. The number of nitrogens with zero attached hydrogens (tertiary/aromatic N) is 1. The summed E-state index contributed by atoms with van der Waals surface area (Å²) in [5.74, 6) is 0.204. The Bertz CT molecular complexity index is 920. The number of aryl methyl sites for hydroxylation is 1. The molecule has 2 rings (SSSR count). The van der Waals surface area contributed by atoms with Crippen LogP contribution in [0.5, 0.6) is 5.75 Å². The van der Waals surface area contributed by atoms with Crippen LogP contribution in [0.15, 0.2) is 48.5 Å². The molecule has 1 amide bonds. The van der Waals surface area contributed by atoms with Gasteiger partial charge in [-0.25, -0.2) is 0 Å². The van der Waals surface area contributed by atoms with Crippen LogP contribution in [0, 0.1) is 0 Å². The van der Waals surface area contributed by atoms with E-state index in [1.165, 1.54) is 31.2 Å². The van der Waals surface area contributed by atoms with E-state index in [9.17, 15) is 13.2 Å². The van der Waals surface area contributed by atoms with E-state index in [0.29, 0.717) is 12.1 Å². The van der Waals surface area contributed by atoms with Crippen molar-refractivity contribution in [1.82, 2.24) is 4.90 Å². The van der Waals surface area contributed by atoms with Crippen LogP contribution in [0.1, 0.15) is 67.9 Å². The van der Waals surface area contributed by atoms with E-state index in [0.717, 1.165) is 18.2 Å². The molecule has 0 aliphatic rings. The maximum absolute atomic E-state index is 13.1. The number of hydrogen-bond donors (Lipinski definition) is 0. The second-order valence-corrected chi connectivity index (χ2v) is 9.54. The fourth-order valence-electron chi connectivity index (χ4n) is 3.29. The minimum atomic E-state index is -3.59. The van der Waals surface area contributed by atoms with Crippen LogP contribution in [0.3, 0.4) is 0 Å². The predicted octanol–water partition coefficient (Wildman–Crippen LogP) is 5.20. The third-order valence-electron chi connectivity index (χ3n) is 4.90. The van der Waals surface area contributed by atoms with Crippen molar-refractivity contribution in [3.05, 3.63) is 65.2 Å². The maximum Gasteiger partial charge on any atom is 0.306 e. The molecule has 30 heavy (non-hydrogen) atoms. The molecule has 0 N–H and O–H groups in total. The Morgan fingerprint density at radius 3 is 2.30 bits per heavy atom. The highest BCUT2D eigenvalue weighted by Crippen LogP contribution is 2.19. The van der Waals surface area contributed by atoms with Crippen molar-refractivity contribution in [2.75, 3.05) is 6.26 Å². The lowest BCUT2D eigenvalue weighted by molar-refractivity contribution is 0.0690. The quantitative estimate of drug-likeness (QED) is 0.362. The summed E-state index contributed by atoms with van der Waals surface area (Å²) in [6, 6.07) is 14.7. The largest absolute Gasteiger partial charge is 0.383 e. The number of carbonyl (C=O) groups excluding carboxylic acids is 1. The fraction of sp³-hybridized carbons (Fsp3) is 0.458. The lowest BCUT2D eigenvalue weighted by Gasteiger charge is -2.27. The van der Waals surface area contributed by atoms with E-state index in [1.807, 2.05) is 44.2 Å². The second kappa shape index (κ2) is 11.2. The van der Waals surface area contributed by atoms with Gasteiger partial charge < -0.3 is 9.08 Å². The molecular formula is C24H33NO4S. The minimum absolute atomic E-state index is 0.00861. The molecule has 5 nitrogen and oxygen atoms in total. The molecule has 2 aromatic rings. The minimum Gasteiger partial charge on any atom is -0.383 e. The molecule has 0 unspecified atom stereocenters. The number of rotatable bonds is 11. The summed E-state index contributed by atoms with van der Waals surface area (Å²) in [6.07, 6.45) is 6.94. The zero-order valence-corrected chi connectivity index (χ0v) is 19.2. The molecule has 0 radical (unpaired) electrons. The van der Waals surface area contributed by atoms with E-state index in [2.05, 4.69) is 6.92 Å². The van der Waals surface area contributed by atoms with Gasteiger partial charge in [-0.15, -0.1) is 0 Å². The Morgan fingerprint density at radius 2 is 1.70 bits per heavy atom. The Morgan fingerprint density at radius 1 is 1.00 bits per heavy atom. The first-order chi connectivity index (χ1) is 14.2. The molecule has 0 aromatic heterocycles. The molecule has 0 bridgehead atoms. The van der Waals surface area contributed by atoms with Crippen LogP contribution in [-0.2, 0) is 23.1 Å². The first kappa shape index (κ1) is 23.9. The molecule has 2 aromatic carbocycles. The molecule has 0 fully saturated rings. The van der Waals surface area contributed by atoms with Gasteiger partial charge in [-0.1, -0.05) is 50.5 Å². The monoisotopic (exact) mass is 431 g/mol. The molecule has 0 saturated heterocycles. The van der Waals surface area contributed by atoms with E-state index < -0.39 is 10.1 Å². The summed E-state index contributed by atoms with van der Waals surface area (Å²) >= 11 is 0. The number of hydrogen-bond acceptors (Lipinski definition) is 4. The summed E-state index contributed by atoms with van der Waals surface area (Å²) in [6.45, 7) is 6.51. The van der Waals surface area contributed by atoms with Crippen LogP contribution in [0.4, 0.5) is 0 Å². The predicted molar refractivity (Wildman–Crippen MR) is 121 cm³/mol.